The SMILES string of the molecule is CC1CCC(CO)(Nc2cc(NN)nc(N)n2)CC1. The third-order valence-corrected chi connectivity index (χ3v) is 3.82. The number of hydrazine groups is 1. The predicted octanol–water partition coefficient (Wildman–Crippen LogP) is 0.698. The molecule has 19 heavy (non-hydrogen) atoms. The van der Waals surface area contributed by atoms with Crippen LogP contribution in [0, 0.1) is 5.92 Å². The summed E-state index contributed by atoms with van der Waals surface area (Å²) in [6.07, 6.45) is 4.02. The third kappa shape index (κ3) is 3.24. The average molecular weight is 266 g/mol. The summed E-state index contributed by atoms with van der Waals surface area (Å²) in [5, 5.41) is 13.0. The molecular weight excluding hydrogens is 244 g/mol. The molecule has 106 valence electrons. The van der Waals surface area contributed by atoms with Gasteiger partial charge >= 0.3 is 0 Å². The van der Waals surface area contributed by atoms with Crippen LogP contribution in [-0.4, -0.2) is 27.2 Å². The van der Waals surface area contributed by atoms with Crippen molar-refractivity contribution >= 4 is 17.6 Å². The highest BCUT2D eigenvalue weighted by molar-refractivity contribution is 5.51. The van der Waals surface area contributed by atoms with Crippen LogP contribution in [0.2, 0.25) is 0 Å². The lowest BCUT2D eigenvalue weighted by Crippen LogP contribution is -2.45. The average Bonchev–Trinajstić information content (AvgIpc) is 2.41. The van der Waals surface area contributed by atoms with E-state index in [9.17, 15) is 5.11 Å². The van der Waals surface area contributed by atoms with E-state index < -0.39 is 0 Å². The Morgan fingerprint density at radius 1 is 1.37 bits per heavy atom. The van der Waals surface area contributed by atoms with Crippen molar-refractivity contribution < 1.29 is 5.11 Å². The first-order chi connectivity index (χ1) is 9.07. The fourth-order valence-electron chi connectivity index (χ4n) is 2.51. The topological polar surface area (TPSA) is 122 Å². The molecule has 0 saturated heterocycles. The molecule has 7 nitrogen and oxygen atoms in total. The molecule has 0 atom stereocenters. The van der Waals surface area contributed by atoms with E-state index in [1.807, 2.05) is 0 Å². The van der Waals surface area contributed by atoms with Crippen molar-refractivity contribution in [1.82, 2.24) is 9.97 Å². The molecule has 1 fully saturated rings. The number of aliphatic hydroxyl groups excluding tert-OH is 1. The molecule has 1 saturated carbocycles. The zero-order chi connectivity index (χ0) is 13.9. The molecule has 0 aromatic carbocycles. The van der Waals surface area contributed by atoms with E-state index in [1.165, 1.54) is 0 Å². The summed E-state index contributed by atoms with van der Waals surface area (Å²) < 4.78 is 0. The van der Waals surface area contributed by atoms with Gasteiger partial charge in [-0.1, -0.05) is 6.92 Å². The van der Waals surface area contributed by atoms with Gasteiger partial charge in [0.15, 0.2) is 0 Å². The Kier molecular flexibility index (Phi) is 4.06. The Morgan fingerprint density at radius 3 is 2.58 bits per heavy atom. The van der Waals surface area contributed by atoms with Gasteiger partial charge in [-0.25, -0.2) is 5.84 Å². The highest BCUT2D eigenvalue weighted by Gasteiger charge is 2.33. The molecule has 0 unspecified atom stereocenters. The van der Waals surface area contributed by atoms with Crippen LogP contribution in [0.5, 0.6) is 0 Å². The van der Waals surface area contributed by atoms with E-state index >= 15 is 0 Å². The number of nitrogens with two attached hydrogens (primary N) is 2. The summed E-state index contributed by atoms with van der Waals surface area (Å²) >= 11 is 0. The highest BCUT2D eigenvalue weighted by atomic mass is 16.3. The predicted molar refractivity (Wildman–Crippen MR) is 75.3 cm³/mol. The summed E-state index contributed by atoms with van der Waals surface area (Å²) in [6.45, 7) is 2.31. The molecule has 0 bridgehead atoms. The number of aromatic nitrogens is 2. The number of anilines is 3. The quantitative estimate of drug-likeness (QED) is 0.401. The zero-order valence-electron chi connectivity index (χ0n) is 11.2. The van der Waals surface area contributed by atoms with E-state index in [1.54, 1.807) is 6.07 Å². The standard InChI is InChI=1S/C12H22N6O/c1-8-2-4-12(7-19,5-3-8)17-9-6-10(18-14)16-11(13)15-9/h6,8,19H,2-5,7,14H2,1H3,(H4,13,15,16,17,18). The van der Waals surface area contributed by atoms with Gasteiger partial charge in [-0.05, 0) is 31.6 Å². The molecule has 1 aromatic heterocycles. The maximum Gasteiger partial charge on any atom is 0.223 e. The van der Waals surface area contributed by atoms with Crippen LogP contribution in [0.15, 0.2) is 6.07 Å². The molecule has 2 rings (SSSR count). The number of nitrogen functional groups attached to an aromatic ring is 2. The van der Waals surface area contributed by atoms with Gasteiger partial charge < -0.3 is 21.6 Å². The van der Waals surface area contributed by atoms with Crippen LogP contribution in [0.1, 0.15) is 32.6 Å². The van der Waals surface area contributed by atoms with Crippen LogP contribution in [0.25, 0.3) is 0 Å². The van der Waals surface area contributed by atoms with E-state index in [0.29, 0.717) is 17.6 Å². The summed E-state index contributed by atoms with van der Waals surface area (Å²) in [4.78, 5) is 8.07. The number of aliphatic hydroxyl groups is 1. The number of nitrogens with zero attached hydrogens (tertiary/aromatic N) is 2. The first kappa shape index (κ1) is 13.8. The molecule has 7 heteroatoms. The normalized spacial score (nSPS) is 27.0. The molecular formula is C12H22N6O. The van der Waals surface area contributed by atoms with Crippen LogP contribution in [-0.2, 0) is 0 Å². The molecule has 1 aromatic rings. The fourth-order valence-corrected chi connectivity index (χ4v) is 2.51. The van der Waals surface area contributed by atoms with Crippen molar-refractivity contribution in [3.05, 3.63) is 6.07 Å². The van der Waals surface area contributed by atoms with Gasteiger partial charge in [-0.2, -0.15) is 9.97 Å². The number of hydrogen-bond acceptors (Lipinski definition) is 7. The van der Waals surface area contributed by atoms with E-state index in [0.717, 1.165) is 25.7 Å². The summed E-state index contributed by atoms with van der Waals surface area (Å²) in [7, 11) is 0. The third-order valence-electron chi connectivity index (χ3n) is 3.82. The molecule has 7 N–H and O–H groups in total. The largest absolute Gasteiger partial charge is 0.394 e. The van der Waals surface area contributed by atoms with Crippen LogP contribution < -0.4 is 22.3 Å². The first-order valence-electron chi connectivity index (χ1n) is 6.57. The number of nitrogens with one attached hydrogen (secondary N) is 2. The summed E-state index contributed by atoms with van der Waals surface area (Å²) in [5.74, 6) is 7.22. The van der Waals surface area contributed by atoms with Crippen LogP contribution in [0.3, 0.4) is 0 Å². The Hall–Kier alpha value is -1.60. The molecule has 1 aliphatic rings. The van der Waals surface area contributed by atoms with Gasteiger partial charge in [0.05, 0.1) is 12.1 Å². The molecule has 1 aliphatic carbocycles. The van der Waals surface area contributed by atoms with E-state index in [-0.39, 0.29) is 18.1 Å². The minimum atomic E-state index is -0.320. The second kappa shape index (κ2) is 5.58. The first-order valence-corrected chi connectivity index (χ1v) is 6.57. The lowest BCUT2D eigenvalue weighted by molar-refractivity contribution is 0.155. The van der Waals surface area contributed by atoms with Gasteiger partial charge in [0.1, 0.15) is 11.6 Å². The monoisotopic (exact) mass is 266 g/mol. The van der Waals surface area contributed by atoms with E-state index in [4.69, 9.17) is 11.6 Å². The van der Waals surface area contributed by atoms with Crippen molar-refractivity contribution in [1.29, 1.82) is 0 Å². The maximum atomic E-state index is 9.71. The molecule has 0 radical (unpaired) electrons. The van der Waals surface area contributed by atoms with Gasteiger partial charge in [-0.3, -0.25) is 0 Å². The fraction of sp³-hybridized carbons (Fsp3) is 0.667. The Labute approximate surface area is 112 Å². The van der Waals surface area contributed by atoms with Crippen LogP contribution in [0.4, 0.5) is 17.6 Å². The van der Waals surface area contributed by atoms with Crippen molar-refractivity contribution in [3.8, 4) is 0 Å². The Bertz CT molecular complexity index is 430. The lowest BCUT2D eigenvalue weighted by atomic mass is 9.77. The molecule has 0 aliphatic heterocycles. The minimum Gasteiger partial charge on any atom is -0.394 e. The van der Waals surface area contributed by atoms with Crippen molar-refractivity contribution in [2.45, 2.75) is 38.1 Å². The Balaban J connectivity index is 2.16. The molecule has 0 spiro atoms. The second-order valence-corrected chi connectivity index (χ2v) is 5.39. The molecule has 0 amide bonds. The van der Waals surface area contributed by atoms with E-state index in [2.05, 4.69) is 27.6 Å². The Morgan fingerprint density at radius 2 is 2.00 bits per heavy atom. The van der Waals surface area contributed by atoms with Crippen molar-refractivity contribution in [2.24, 2.45) is 11.8 Å². The second-order valence-electron chi connectivity index (χ2n) is 5.39. The van der Waals surface area contributed by atoms with Gasteiger partial charge in [0, 0.05) is 6.07 Å². The number of rotatable bonds is 4. The maximum absolute atomic E-state index is 9.71. The van der Waals surface area contributed by atoms with Crippen LogP contribution >= 0.6 is 0 Å². The summed E-state index contributed by atoms with van der Waals surface area (Å²) in [5.41, 5.74) is 7.76. The molecule has 1 heterocycles. The van der Waals surface area contributed by atoms with Gasteiger partial charge in [0.2, 0.25) is 5.95 Å². The van der Waals surface area contributed by atoms with Gasteiger partial charge in [-0.15, -0.1) is 0 Å². The van der Waals surface area contributed by atoms with Crippen molar-refractivity contribution in [3.63, 3.8) is 0 Å². The zero-order valence-corrected chi connectivity index (χ0v) is 11.2. The van der Waals surface area contributed by atoms with Gasteiger partial charge in [0.25, 0.3) is 0 Å². The van der Waals surface area contributed by atoms with Crippen molar-refractivity contribution in [2.75, 3.05) is 23.1 Å². The highest BCUT2D eigenvalue weighted by Crippen LogP contribution is 2.34. The smallest absolute Gasteiger partial charge is 0.223 e. The lowest BCUT2D eigenvalue weighted by Gasteiger charge is -2.39. The number of hydrogen-bond donors (Lipinski definition) is 5. The summed E-state index contributed by atoms with van der Waals surface area (Å²) in [6, 6.07) is 1.69. The minimum absolute atomic E-state index is 0.0784.